The molecule has 1 aromatic heterocycles. The number of hydrogen-bond donors (Lipinski definition) is 3. The smallest absolute Gasteiger partial charge is 0.412 e. The Bertz CT molecular complexity index is 1210. The molecule has 182 valence electrons. The zero-order chi connectivity index (χ0) is 24.9. The highest BCUT2D eigenvalue weighted by molar-refractivity contribution is 5.94. The Kier molecular flexibility index (Phi) is 7.14. The average Bonchev–Trinajstić information content (AvgIpc) is 3.37. The van der Waals surface area contributed by atoms with E-state index in [4.69, 9.17) is 9.84 Å². The van der Waals surface area contributed by atoms with E-state index >= 15 is 0 Å². The molecule has 1 unspecified atom stereocenters. The van der Waals surface area contributed by atoms with Gasteiger partial charge in [0.25, 0.3) is 5.91 Å². The summed E-state index contributed by atoms with van der Waals surface area (Å²) in [7, 11) is 1.62. The van der Waals surface area contributed by atoms with Crippen molar-refractivity contribution in [2.24, 2.45) is 13.0 Å². The Morgan fingerprint density at radius 3 is 2.34 bits per heavy atom. The molecule has 3 aromatic rings. The fourth-order valence-electron chi connectivity index (χ4n) is 4.26. The summed E-state index contributed by atoms with van der Waals surface area (Å²) in [5.41, 5.74) is 4.69. The van der Waals surface area contributed by atoms with Crippen molar-refractivity contribution in [3.8, 4) is 11.1 Å². The van der Waals surface area contributed by atoms with Gasteiger partial charge in [-0.2, -0.15) is 5.10 Å². The quantitative estimate of drug-likeness (QED) is 0.429. The first-order chi connectivity index (χ1) is 16.8. The van der Waals surface area contributed by atoms with Crippen LogP contribution in [-0.4, -0.2) is 46.0 Å². The average molecular weight is 477 g/mol. The first kappa shape index (κ1) is 24.0. The Labute approximate surface area is 203 Å². The normalized spacial score (nSPS) is 13.0. The van der Waals surface area contributed by atoms with Crippen LogP contribution in [0.2, 0.25) is 0 Å². The summed E-state index contributed by atoms with van der Waals surface area (Å²) < 4.78 is 6.95. The van der Waals surface area contributed by atoms with Gasteiger partial charge in [0.1, 0.15) is 12.4 Å². The van der Waals surface area contributed by atoms with Crippen molar-refractivity contribution in [2.75, 3.05) is 18.5 Å². The van der Waals surface area contributed by atoms with Crippen LogP contribution in [-0.2, 0) is 16.6 Å². The van der Waals surface area contributed by atoms with Crippen molar-refractivity contribution in [1.29, 1.82) is 0 Å². The van der Waals surface area contributed by atoms with Crippen LogP contribution < -0.4 is 10.6 Å². The number of ether oxygens (including phenoxy) is 1. The van der Waals surface area contributed by atoms with E-state index in [0.29, 0.717) is 18.8 Å². The number of anilines is 1. The predicted molar refractivity (Wildman–Crippen MR) is 130 cm³/mol. The fraction of sp³-hybridized carbons (Fsp3) is 0.308. The van der Waals surface area contributed by atoms with Gasteiger partial charge in [0.2, 0.25) is 0 Å². The molecule has 1 heterocycles. The van der Waals surface area contributed by atoms with Crippen LogP contribution in [0.15, 0.2) is 54.6 Å². The molecule has 1 aliphatic carbocycles. The van der Waals surface area contributed by atoms with Crippen LogP contribution in [0.3, 0.4) is 0 Å². The molecule has 0 bridgehead atoms. The van der Waals surface area contributed by atoms with Crippen LogP contribution in [0, 0.1) is 5.92 Å². The third-order valence-electron chi connectivity index (χ3n) is 6.15. The second kappa shape index (κ2) is 10.4. The van der Waals surface area contributed by atoms with Crippen LogP contribution >= 0.6 is 0 Å². The molecule has 2 aromatic carbocycles. The van der Waals surface area contributed by atoms with Gasteiger partial charge in [-0.05, 0) is 34.6 Å². The summed E-state index contributed by atoms with van der Waals surface area (Å²) in [6.45, 7) is 2.38. The van der Waals surface area contributed by atoms with E-state index < -0.39 is 18.0 Å². The summed E-state index contributed by atoms with van der Waals surface area (Å²) in [5.74, 6) is -0.979. The second-order valence-corrected chi connectivity index (χ2v) is 8.74. The van der Waals surface area contributed by atoms with Crippen molar-refractivity contribution in [1.82, 2.24) is 15.1 Å². The number of amides is 2. The van der Waals surface area contributed by atoms with Crippen LogP contribution in [0.5, 0.6) is 0 Å². The Morgan fingerprint density at radius 2 is 1.71 bits per heavy atom. The number of aromatic nitrogens is 2. The summed E-state index contributed by atoms with van der Waals surface area (Å²) in [4.78, 5) is 35.6. The monoisotopic (exact) mass is 476 g/mol. The van der Waals surface area contributed by atoms with E-state index in [1.54, 1.807) is 7.05 Å². The van der Waals surface area contributed by atoms with Crippen LogP contribution in [0.1, 0.15) is 47.3 Å². The molecule has 4 rings (SSSR count). The maximum atomic E-state index is 12.5. The predicted octanol–water partition coefficient (Wildman–Crippen LogP) is 4.01. The molecule has 0 saturated carbocycles. The number of carboxylic acids is 1. The number of nitrogens with zero attached hydrogens (tertiary/aromatic N) is 2. The maximum Gasteiger partial charge on any atom is 0.412 e. The number of benzene rings is 2. The number of carboxylic acid groups (broad SMARTS) is 1. The van der Waals surface area contributed by atoms with E-state index in [1.165, 1.54) is 10.7 Å². The summed E-state index contributed by atoms with van der Waals surface area (Å²) in [5, 5.41) is 18.3. The molecule has 2 amide bonds. The van der Waals surface area contributed by atoms with Crippen molar-refractivity contribution < 1.29 is 24.2 Å². The lowest BCUT2D eigenvalue weighted by Gasteiger charge is -2.14. The molecule has 35 heavy (non-hydrogen) atoms. The second-order valence-electron chi connectivity index (χ2n) is 8.74. The van der Waals surface area contributed by atoms with Gasteiger partial charge < -0.3 is 15.2 Å². The minimum Gasteiger partial charge on any atom is -0.481 e. The molecule has 0 saturated heterocycles. The largest absolute Gasteiger partial charge is 0.481 e. The first-order valence-electron chi connectivity index (χ1n) is 11.5. The van der Waals surface area contributed by atoms with Gasteiger partial charge in [-0.1, -0.05) is 55.5 Å². The third-order valence-corrected chi connectivity index (χ3v) is 6.15. The Hall–Kier alpha value is -4.14. The molecular weight excluding hydrogens is 448 g/mol. The number of hydrogen-bond acceptors (Lipinski definition) is 5. The minimum absolute atomic E-state index is 0.0113. The molecular formula is C26H28N4O5. The molecule has 0 spiro atoms. The first-order valence-corrected chi connectivity index (χ1v) is 11.5. The van der Waals surface area contributed by atoms with Gasteiger partial charge in [0, 0.05) is 32.0 Å². The number of rotatable bonds is 9. The fourth-order valence-corrected chi connectivity index (χ4v) is 4.26. The number of nitrogens with one attached hydrogen (secondary N) is 2. The van der Waals surface area contributed by atoms with Gasteiger partial charge in [-0.3, -0.25) is 19.6 Å². The molecule has 0 fully saturated rings. The number of aliphatic carboxylic acids is 1. The third kappa shape index (κ3) is 5.51. The lowest BCUT2D eigenvalue weighted by Crippen LogP contribution is -2.29. The molecule has 3 N–H and O–H groups in total. The van der Waals surface area contributed by atoms with Crippen molar-refractivity contribution in [3.63, 3.8) is 0 Å². The molecule has 0 radical (unpaired) electrons. The zero-order valence-electron chi connectivity index (χ0n) is 19.7. The minimum atomic E-state index is -0.864. The van der Waals surface area contributed by atoms with Gasteiger partial charge in [0.15, 0.2) is 5.69 Å². The maximum absolute atomic E-state index is 12.5. The topological polar surface area (TPSA) is 123 Å². The highest BCUT2D eigenvalue weighted by Crippen LogP contribution is 2.44. The van der Waals surface area contributed by atoms with E-state index in [9.17, 15) is 14.4 Å². The van der Waals surface area contributed by atoms with Crippen molar-refractivity contribution in [3.05, 3.63) is 71.4 Å². The van der Waals surface area contributed by atoms with E-state index in [1.807, 2.05) is 31.2 Å². The van der Waals surface area contributed by atoms with Crippen LogP contribution in [0.4, 0.5) is 10.6 Å². The Morgan fingerprint density at radius 1 is 1.09 bits per heavy atom. The number of fused-ring (bicyclic) bond motifs is 3. The van der Waals surface area contributed by atoms with Crippen LogP contribution in [0.25, 0.3) is 11.1 Å². The van der Waals surface area contributed by atoms with Gasteiger partial charge in [-0.25, -0.2) is 4.79 Å². The van der Waals surface area contributed by atoms with E-state index in [2.05, 4.69) is 40.0 Å². The summed E-state index contributed by atoms with van der Waals surface area (Å²) in [6, 6.07) is 17.7. The lowest BCUT2D eigenvalue weighted by molar-refractivity contribution is -0.137. The lowest BCUT2D eigenvalue weighted by atomic mass is 9.98. The molecule has 1 atom stereocenters. The molecule has 1 aliphatic rings. The molecule has 9 heteroatoms. The van der Waals surface area contributed by atoms with Gasteiger partial charge in [0.05, 0.1) is 0 Å². The highest BCUT2D eigenvalue weighted by Gasteiger charge is 2.29. The van der Waals surface area contributed by atoms with E-state index in [-0.39, 0.29) is 30.6 Å². The highest BCUT2D eigenvalue weighted by atomic mass is 16.5. The summed E-state index contributed by atoms with van der Waals surface area (Å²) in [6.07, 6.45) is -0.120. The number of carbonyl (C=O) groups is 3. The Balaban J connectivity index is 1.33. The van der Waals surface area contributed by atoms with Crippen molar-refractivity contribution in [2.45, 2.75) is 25.7 Å². The number of aryl methyl sites for hydroxylation is 1. The SMILES string of the molecule is CC(CCC(=O)O)CNC(=O)c1cc(NC(=O)OCC2c3ccccc3-c3ccccc32)n(C)n1. The standard InChI is InChI=1S/C26H28N4O5/c1-16(11-12-24(31)32)14-27-25(33)22-13-23(30(2)29-22)28-26(34)35-15-21-19-9-5-3-7-17(19)18-8-4-6-10-20(18)21/h3-10,13,16,21H,11-12,14-15H2,1-2H3,(H,27,33)(H,28,34)(H,31,32). The van der Waals surface area contributed by atoms with Gasteiger partial charge in [-0.15, -0.1) is 0 Å². The molecule has 9 nitrogen and oxygen atoms in total. The number of carbonyl (C=O) groups excluding carboxylic acids is 2. The summed E-state index contributed by atoms with van der Waals surface area (Å²) >= 11 is 0. The van der Waals surface area contributed by atoms with E-state index in [0.717, 1.165) is 22.3 Å². The van der Waals surface area contributed by atoms with Gasteiger partial charge >= 0.3 is 12.1 Å². The van der Waals surface area contributed by atoms with Crippen molar-refractivity contribution >= 4 is 23.8 Å². The molecule has 0 aliphatic heterocycles. The zero-order valence-corrected chi connectivity index (χ0v) is 19.7.